The molecule has 1 heterocycles. The number of carbonyl (C=O) groups is 1. The normalized spacial score (nSPS) is 24.2. The van der Waals surface area contributed by atoms with Crippen LogP contribution in [0.4, 0.5) is 0 Å². The Kier molecular flexibility index (Phi) is 5.73. The molecule has 0 bridgehead atoms. The fourth-order valence-corrected chi connectivity index (χ4v) is 2.27. The number of amides is 1. The number of ether oxygens (including phenoxy) is 1. The van der Waals surface area contributed by atoms with E-state index >= 15 is 0 Å². The first-order chi connectivity index (χ1) is 7.67. The molecule has 0 radical (unpaired) electrons. The number of rotatable bonds is 6. The van der Waals surface area contributed by atoms with Crippen LogP contribution in [0, 0.1) is 5.92 Å². The average molecular weight is 229 g/mol. The van der Waals surface area contributed by atoms with Crippen LogP contribution in [-0.2, 0) is 9.53 Å². The standard InChI is InChI=1S/C11H23N3O2/c1-13-10(11(12)15)7-14-5-3-4-9(6-14)8-16-2/h9-10,13H,3-8H2,1-2H3,(H2,12,15). The van der Waals surface area contributed by atoms with E-state index in [0.717, 1.165) is 19.7 Å². The maximum Gasteiger partial charge on any atom is 0.235 e. The van der Waals surface area contributed by atoms with Gasteiger partial charge in [0.25, 0.3) is 0 Å². The highest BCUT2D eigenvalue weighted by molar-refractivity contribution is 5.80. The van der Waals surface area contributed by atoms with Gasteiger partial charge in [-0.3, -0.25) is 4.79 Å². The third kappa shape index (κ3) is 4.08. The van der Waals surface area contributed by atoms with Crippen LogP contribution in [0.3, 0.4) is 0 Å². The summed E-state index contributed by atoms with van der Waals surface area (Å²) in [6.45, 7) is 3.55. The van der Waals surface area contributed by atoms with Crippen molar-refractivity contribution in [2.24, 2.45) is 11.7 Å². The summed E-state index contributed by atoms with van der Waals surface area (Å²) in [5.41, 5.74) is 5.30. The first kappa shape index (κ1) is 13.4. The van der Waals surface area contributed by atoms with E-state index < -0.39 is 0 Å². The van der Waals surface area contributed by atoms with Crippen molar-refractivity contribution >= 4 is 5.91 Å². The lowest BCUT2D eigenvalue weighted by Crippen LogP contribution is -2.50. The minimum atomic E-state index is -0.281. The minimum absolute atomic E-state index is 0.249. The number of hydrogen-bond acceptors (Lipinski definition) is 4. The molecule has 1 amide bonds. The summed E-state index contributed by atoms with van der Waals surface area (Å²) in [5, 5.41) is 2.95. The van der Waals surface area contributed by atoms with Gasteiger partial charge in [0.1, 0.15) is 0 Å². The molecule has 2 unspecified atom stereocenters. The first-order valence-electron chi connectivity index (χ1n) is 5.85. The van der Waals surface area contributed by atoms with Crippen molar-refractivity contribution in [1.82, 2.24) is 10.2 Å². The predicted molar refractivity (Wildman–Crippen MR) is 63.1 cm³/mol. The number of nitrogens with zero attached hydrogens (tertiary/aromatic N) is 1. The van der Waals surface area contributed by atoms with Crippen LogP contribution in [0.25, 0.3) is 0 Å². The quantitative estimate of drug-likeness (QED) is 0.639. The van der Waals surface area contributed by atoms with E-state index in [4.69, 9.17) is 10.5 Å². The van der Waals surface area contributed by atoms with Crippen molar-refractivity contribution in [3.8, 4) is 0 Å². The molecule has 0 aliphatic carbocycles. The molecule has 0 spiro atoms. The molecule has 0 saturated carbocycles. The minimum Gasteiger partial charge on any atom is -0.384 e. The largest absolute Gasteiger partial charge is 0.384 e. The highest BCUT2D eigenvalue weighted by Crippen LogP contribution is 2.16. The van der Waals surface area contributed by atoms with Crippen molar-refractivity contribution in [1.29, 1.82) is 0 Å². The highest BCUT2D eigenvalue weighted by Gasteiger charge is 2.23. The van der Waals surface area contributed by atoms with Gasteiger partial charge in [0.15, 0.2) is 0 Å². The van der Waals surface area contributed by atoms with E-state index in [1.165, 1.54) is 12.8 Å². The average Bonchev–Trinajstić information content (AvgIpc) is 2.26. The van der Waals surface area contributed by atoms with Crippen molar-refractivity contribution in [3.63, 3.8) is 0 Å². The summed E-state index contributed by atoms with van der Waals surface area (Å²) in [6, 6.07) is -0.249. The Morgan fingerprint density at radius 1 is 1.69 bits per heavy atom. The number of primary amides is 1. The molecular formula is C11H23N3O2. The van der Waals surface area contributed by atoms with Gasteiger partial charge in [-0.25, -0.2) is 0 Å². The molecule has 1 aliphatic rings. The van der Waals surface area contributed by atoms with Crippen LogP contribution in [0.2, 0.25) is 0 Å². The third-order valence-electron chi connectivity index (χ3n) is 3.14. The first-order valence-corrected chi connectivity index (χ1v) is 5.85. The summed E-state index contributed by atoms with van der Waals surface area (Å²) in [5.74, 6) is 0.306. The Morgan fingerprint density at radius 2 is 2.44 bits per heavy atom. The highest BCUT2D eigenvalue weighted by atomic mass is 16.5. The van der Waals surface area contributed by atoms with E-state index in [2.05, 4.69) is 10.2 Å². The molecule has 5 heteroatoms. The summed E-state index contributed by atoms with van der Waals surface area (Å²) in [7, 11) is 3.50. The summed E-state index contributed by atoms with van der Waals surface area (Å²) >= 11 is 0. The Balaban J connectivity index is 2.38. The van der Waals surface area contributed by atoms with E-state index in [1.807, 2.05) is 0 Å². The second kappa shape index (κ2) is 6.83. The lowest BCUT2D eigenvalue weighted by atomic mass is 9.98. The number of methoxy groups -OCH3 is 1. The van der Waals surface area contributed by atoms with Gasteiger partial charge in [0, 0.05) is 20.2 Å². The van der Waals surface area contributed by atoms with Crippen molar-refractivity contribution in [3.05, 3.63) is 0 Å². The van der Waals surface area contributed by atoms with Crippen LogP contribution in [-0.4, -0.2) is 57.2 Å². The second-order valence-corrected chi connectivity index (χ2v) is 4.47. The van der Waals surface area contributed by atoms with Gasteiger partial charge in [0.05, 0.1) is 12.6 Å². The molecule has 5 nitrogen and oxygen atoms in total. The molecular weight excluding hydrogens is 206 g/mol. The molecule has 94 valence electrons. The number of nitrogens with one attached hydrogen (secondary N) is 1. The maximum atomic E-state index is 11.1. The summed E-state index contributed by atoms with van der Waals surface area (Å²) in [4.78, 5) is 13.4. The SMILES string of the molecule is CNC(CN1CCCC(COC)C1)C(N)=O. The van der Waals surface area contributed by atoms with E-state index in [1.54, 1.807) is 14.2 Å². The van der Waals surface area contributed by atoms with Gasteiger partial charge in [-0.1, -0.05) is 0 Å². The zero-order valence-electron chi connectivity index (χ0n) is 10.2. The van der Waals surface area contributed by atoms with Gasteiger partial charge in [0.2, 0.25) is 5.91 Å². The molecule has 0 aromatic heterocycles. The number of hydrogen-bond donors (Lipinski definition) is 2. The van der Waals surface area contributed by atoms with Gasteiger partial charge in [-0.05, 0) is 32.4 Å². The summed E-state index contributed by atoms with van der Waals surface area (Å²) in [6.07, 6.45) is 2.38. The Morgan fingerprint density at radius 3 is 3.00 bits per heavy atom. The molecule has 1 aliphatic heterocycles. The predicted octanol–water partition coefficient (Wildman–Crippen LogP) is -0.582. The lowest BCUT2D eigenvalue weighted by Gasteiger charge is -2.33. The molecule has 0 aromatic carbocycles. The molecule has 1 rings (SSSR count). The van der Waals surface area contributed by atoms with Crippen molar-refractivity contribution < 1.29 is 9.53 Å². The zero-order chi connectivity index (χ0) is 12.0. The number of nitrogens with two attached hydrogens (primary N) is 1. The molecule has 2 atom stereocenters. The molecule has 0 aromatic rings. The van der Waals surface area contributed by atoms with Crippen LogP contribution in [0.5, 0.6) is 0 Å². The number of likely N-dealkylation sites (N-methyl/N-ethyl adjacent to an activating group) is 1. The zero-order valence-corrected chi connectivity index (χ0v) is 10.2. The number of likely N-dealkylation sites (tertiary alicyclic amines) is 1. The third-order valence-corrected chi connectivity index (χ3v) is 3.14. The van der Waals surface area contributed by atoms with E-state index in [9.17, 15) is 4.79 Å². The molecule has 16 heavy (non-hydrogen) atoms. The van der Waals surface area contributed by atoms with Gasteiger partial charge >= 0.3 is 0 Å². The van der Waals surface area contributed by atoms with E-state index in [-0.39, 0.29) is 11.9 Å². The fourth-order valence-electron chi connectivity index (χ4n) is 2.27. The Labute approximate surface area is 97.3 Å². The fraction of sp³-hybridized carbons (Fsp3) is 0.909. The van der Waals surface area contributed by atoms with Gasteiger partial charge in [-0.2, -0.15) is 0 Å². The topological polar surface area (TPSA) is 67.6 Å². The second-order valence-electron chi connectivity index (χ2n) is 4.47. The molecule has 1 saturated heterocycles. The Bertz CT molecular complexity index is 221. The summed E-state index contributed by atoms with van der Waals surface area (Å²) < 4.78 is 5.17. The smallest absolute Gasteiger partial charge is 0.235 e. The Hall–Kier alpha value is -0.650. The van der Waals surface area contributed by atoms with Gasteiger partial charge < -0.3 is 20.7 Å². The maximum absolute atomic E-state index is 11.1. The molecule has 1 fully saturated rings. The van der Waals surface area contributed by atoms with Crippen LogP contribution < -0.4 is 11.1 Å². The van der Waals surface area contributed by atoms with Crippen LogP contribution >= 0.6 is 0 Å². The molecule has 3 N–H and O–H groups in total. The monoisotopic (exact) mass is 229 g/mol. The lowest BCUT2D eigenvalue weighted by molar-refractivity contribution is -0.120. The number of carbonyl (C=O) groups excluding carboxylic acids is 1. The van der Waals surface area contributed by atoms with Gasteiger partial charge in [-0.15, -0.1) is 0 Å². The van der Waals surface area contributed by atoms with Crippen molar-refractivity contribution in [2.75, 3.05) is 40.4 Å². The number of piperidine rings is 1. The van der Waals surface area contributed by atoms with E-state index in [0.29, 0.717) is 12.5 Å². The van der Waals surface area contributed by atoms with Crippen LogP contribution in [0.15, 0.2) is 0 Å². The van der Waals surface area contributed by atoms with Crippen LogP contribution in [0.1, 0.15) is 12.8 Å². The van der Waals surface area contributed by atoms with Crippen molar-refractivity contribution in [2.45, 2.75) is 18.9 Å².